The molecule has 9 heteroatoms. The summed E-state index contributed by atoms with van der Waals surface area (Å²) in [5.74, 6) is -0.996. The van der Waals surface area contributed by atoms with Gasteiger partial charge in [0.2, 0.25) is 0 Å². The van der Waals surface area contributed by atoms with Gasteiger partial charge in [0.1, 0.15) is 0 Å². The van der Waals surface area contributed by atoms with Crippen LogP contribution < -0.4 is 0 Å². The normalized spacial score (nSPS) is 14.1. The Morgan fingerprint density at radius 2 is 2.19 bits per heavy atom. The van der Waals surface area contributed by atoms with E-state index in [4.69, 9.17) is 5.11 Å². The van der Waals surface area contributed by atoms with Gasteiger partial charge in [0, 0.05) is 12.0 Å². The van der Waals surface area contributed by atoms with Gasteiger partial charge in [0.05, 0.1) is 20.8 Å². The Morgan fingerprint density at radius 1 is 1.48 bits per heavy atom. The minimum atomic E-state index is -1.12. The first kappa shape index (κ1) is 13.7. The number of carboxylic acids is 1. The molecule has 21 heavy (non-hydrogen) atoms. The SMILES string of the molecule is O=C(O)c1nnn(-c2ccc([N+](=O)[O-])c(Br)c2)c1C1CC1. The van der Waals surface area contributed by atoms with Gasteiger partial charge >= 0.3 is 5.97 Å². The molecule has 1 N–H and O–H groups in total. The van der Waals surface area contributed by atoms with Gasteiger partial charge in [-0.2, -0.15) is 0 Å². The summed E-state index contributed by atoms with van der Waals surface area (Å²) in [6.07, 6.45) is 1.78. The first-order valence-electron chi connectivity index (χ1n) is 6.12. The minimum Gasteiger partial charge on any atom is -0.476 e. The molecular formula is C12H9BrN4O4. The van der Waals surface area contributed by atoms with Gasteiger partial charge in [-0.1, -0.05) is 5.21 Å². The van der Waals surface area contributed by atoms with Crippen LogP contribution in [0.1, 0.15) is 34.9 Å². The molecule has 1 aliphatic carbocycles. The standard InChI is InChI=1S/C12H9BrN4O4/c13-8-5-7(3-4-9(8)17(20)21)16-11(6-1-2-6)10(12(18)19)14-15-16/h3-6H,1-2H2,(H,18,19). The van der Waals surface area contributed by atoms with Gasteiger partial charge in [-0.3, -0.25) is 10.1 Å². The highest BCUT2D eigenvalue weighted by Crippen LogP contribution is 2.42. The topological polar surface area (TPSA) is 111 Å². The number of hydrogen-bond donors (Lipinski definition) is 1. The summed E-state index contributed by atoms with van der Waals surface area (Å²) in [4.78, 5) is 21.5. The van der Waals surface area contributed by atoms with Crippen molar-refractivity contribution in [3.63, 3.8) is 0 Å². The number of nitro groups is 1. The number of rotatable bonds is 4. The molecule has 0 amide bonds. The third-order valence-electron chi connectivity index (χ3n) is 3.24. The molecule has 0 atom stereocenters. The maximum absolute atomic E-state index is 11.2. The number of aromatic carboxylic acids is 1. The lowest BCUT2D eigenvalue weighted by atomic mass is 10.2. The fourth-order valence-electron chi connectivity index (χ4n) is 2.13. The lowest BCUT2D eigenvalue weighted by molar-refractivity contribution is -0.385. The predicted molar refractivity (Wildman–Crippen MR) is 74.6 cm³/mol. The molecule has 0 bridgehead atoms. The molecule has 1 aromatic carbocycles. The van der Waals surface area contributed by atoms with Crippen molar-refractivity contribution in [3.8, 4) is 5.69 Å². The molecule has 1 aliphatic rings. The van der Waals surface area contributed by atoms with Crippen LogP contribution in [-0.2, 0) is 0 Å². The molecule has 0 radical (unpaired) electrons. The summed E-state index contributed by atoms with van der Waals surface area (Å²) in [6, 6.07) is 4.40. The van der Waals surface area contributed by atoms with Gasteiger partial charge < -0.3 is 5.11 Å². The monoisotopic (exact) mass is 352 g/mol. The molecular weight excluding hydrogens is 344 g/mol. The number of aromatic nitrogens is 3. The van der Waals surface area contributed by atoms with Crippen LogP contribution in [0, 0.1) is 10.1 Å². The fraction of sp³-hybridized carbons (Fsp3) is 0.250. The van der Waals surface area contributed by atoms with Crippen molar-refractivity contribution < 1.29 is 14.8 Å². The van der Waals surface area contributed by atoms with Crippen molar-refractivity contribution >= 4 is 27.6 Å². The van der Waals surface area contributed by atoms with Crippen LogP contribution in [0.5, 0.6) is 0 Å². The van der Waals surface area contributed by atoms with Crippen LogP contribution in [0.25, 0.3) is 5.69 Å². The minimum absolute atomic E-state index is 0.0630. The third-order valence-corrected chi connectivity index (χ3v) is 3.88. The van der Waals surface area contributed by atoms with Crippen LogP contribution >= 0.6 is 15.9 Å². The number of halogens is 1. The summed E-state index contributed by atoms with van der Waals surface area (Å²) in [5.41, 5.74) is 0.954. The summed E-state index contributed by atoms with van der Waals surface area (Å²) >= 11 is 3.14. The molecule has 8 nitrogen and oxygen atoms in total. The Bertz CT molecular complexity index is 754. The smallest absolute Gasteiger partial charge is 0.358 e. The second kappa shape index (κ2) is 4.92. The number of nitro benzene ring substituents is 1. The van der Waals surface area contributed by atoms with Gasteiger partial charge in [-0.05, 0) is 40.9 Å². The summed E-state index contributed by atoms with van der Waals surface area (Å²) in [5, 5.41) is 27.6. The highest BCUT2D eigenvalue weighted by molar-refractivity contribution is 9.10. The molecule has 3 rings (SSSR count). The zero-order chi connectivity index (χ0) is 15.1. The highest BCUT2D eigenvalue weighted by Gasteiger charge is 2.34. The maximum atomic E-state index is 11.2. The Morgan fingerprint density at radius 3 is 2.71 bits per heavy atom. The second-order valence-electron chi connectivity index (χ2n) is 4.71. The van der Waals surface area contributed by atoms with E-state index in [1.807, 2.05) is 0 Å². The fourth-order valence-corrected chi connectivity index (χ4v) is 2.64. The van der Waals surface area contributed by atoms with Crippen LogP contribution in [0.15, 0.2) is 22.7 Å². The zero-order valence-corrected chi connectivity index (χ0v) is 12.1. The summed E-state index contributed by atoms with van der Waals surface area (Å²) in [6.45, 7) is 0. The van der Waals surface area contributed by atoms with Gasteiger partial charge in [-0.15, -0.1) is 5.10 Å². The van der Waals surface area contributed by atoms with Gasteiger partial charge in [0.25, 0.3) is 5.69 Å². The summed E-state index contributed by atoms with van der Waals surface area (Å²) in [7, 11) is 0. The van der Waals surface area contributed by atoms with Gasteiger partial charge in [-0.25, -0.2) is 9.48 Å². The Hall–Kier alpha value is -2.29. The Balaban J connectivity index is 2.11. The Kier molecular flexibility index (Phi) is 3.20. The number of hydrogen-bond acceptors (Lipinski definition) is 5. The van der Waals surface area contributed by atoms with Crippen molar-refractivity contribution in [2.24, 2.45) is 0 Å². The van der Waals surface area contributed by atoms with Crippen LogP contribution in [-0.4, -0.2) is 31.0 Å². The molecule has 0 unspecified atom stereocenters. The molecule has 0 spiro atoms. The van der Waals surface area contributed by atoms with E-state index < -0.39 is 10.9 Å². The first-order valence-corrected chi connectivity index (χ1v) is 6.91. The third kappa shape index (κ3) is 2.40. The lowest BCUT2D eigenvalue weighted by Crippen LogP contribution is -2.06. The largest absolute Gasteiger partial charge is 0.476 e. The predicted octanol–water partition coefficient (Wildman–Crippen LogP) is 2.51. The van der Waals surface area contributed by atoms with E-state index in [1.54, 1.807) is 0 Å². The van der Waals surface area contributed by atoms with Crippen molar-refractivity contribution in [1.29, 1.82) is 0 Å². The van der Waals surface area contributed by atoms with Crippen molar-refractivity contribution in [1.82, 2.24) is 15.0 Å². The van der Waals surface area contributed by atoms with E-state index in [1.165, 1.54) is 22.9 Å². The molecule has 1 saturated carbocycles. The average molecular weight is 353 g/mol. The van der Waals surface area contributed by atoms with E-state index in [0.29, 0.717) is 15.9 Å². The average Bonchev–Trinajstić information content (AvgIpc) is 3.16. The molecule has 1 heterocycles. The highest BCUT2D eigenvalue weighted by atomic mass is 79.9. The van der Waals surface area contributed by atoms with E-state index in [9.17, 15) is 14.9 Å². The van der Waals surface area contributed by atoms with Crippen LogP contribution in [0.4, 0.5) is 5.69 Å². The first-order chi connectivity index (χ1) is 9.99. The van der Waals surface area contributed by atoms with E-state index >= 15 is 0 Å². The van der Waals surface area contributed by atoms with Crippen molar-refractivity contribution in [3.05, 3.63) is 44.2 Å². The molecule has 2 aromatic rings. The summed E-state index contributed by atoms with van der Waals surface area (Å²) < 4.78 is 1.74. The molecule has 0 saturated heterocycles. The van der Waals surface area contributed by atoms with Crippen molar-refractivity contribution in [2.75, 3.05) is 0 Å². The Labute approximate surface area is 126 Å². The zero-order valence-electron chi connectivity index (χ0n) is 10.6. The van der Waals surface area contributed by atoms with E-state index in [0.717, 1.165) is 12.8 Å². The number of carboxylic acid groups (broad SMARTS) is 1. The van der Waals surface area contributed by atoms with E-state index in [-0.39, 0.29) is 17.3 Å². The molecule has 1 fully saturated rings. The number of benzene rings is 1. The van der Waals surface area contributed by atoms with Crippen LogP contribution in [0.3, 0.4) is 0 Å². The molecule has 108 valence electrons. The lowest BCUT2D eigenvalue weighted by Gasteiger charge is -2.06. The maximum Gasteiger partial charge on any atom is 0.358 e. The molecule has 1 aromatic heterocycles. The van der Waals surface area contributed by atoms with Crippen molar-refractivity contribution in [2.45, 2.75) is 18.8 Å². The quantitative estimate of drug-likeness (QED) is 0.668. The molecule has 0 aliphatic heterocycles. The second-order valence-corrected chi connectivity index (χ2v) is 5.56. The van der Waals surface area contributed by atoms with E-state index in [2.05, 4.69) is 26.2 Å². The number of carbonyl (C=O) groups is 1. The number of nitrogens with zero attached hydrogens (tertiary/aromatic N) is 4. The van der Waals surface area contributed by atoms with Gasteiger partial charge in [0.15, 0.2) is 5.69 Å². The van der Waals surface area contributed by atoms with Crippen LogP contribution in [0.2, 0.25) is 0 Å².